The zero-order valence-electron chi connectivity index (χ0n) is 18.4. The van der Waals surface area contributed by atoms with Crippen LogP contribution in [-0.2, 0) is 14.8 Å². The van der Waals surface area contributed by atoms with E-state index in [1.54, 1.807) is 18.2 Å². The molecule has 3 aliphatic rings. The predicted molar refractivity (Wildman–Crippen MR) is 126 cm³/mol. The first-order valence-corrected chi connectivity index (χ1v) is 13.9. The molecule has 1 atom stereocenters. The van der Waals surface area contributed by atoms with Crippen molar-refractivity contribution in [3.8, 4) is 11.5 Å². The Kier molecular flexibility index (Phi) is 6.53. The Morgan fingerprint density at radius 1 is 1.00 bits per heavy atom. The van der Waals surface area contributed by atoms with Gasteiger partial charge in [-0.3, -0.25) is 4.79 Å². The zero-order chi connectivity index (χ0) is 22.8. The third-order valence-electron chi connectivity index (χ3n) is 6.46. The summed E-state index contributed by atoms with van der Waals surface area (Å²) in [6.07, 6.45) is 2.69. The van der Waals surface area contributed by atoms with E-state index in [1.165, 1.54) is 14.8 Å². The number of thioether (sulfide) groups is 1. The molecule has 1 amide bonds. The second-order valence-electron chi connectivity index (χ2n) is 8.57. The molecule has 0 saturated carbocycles. The summed E-state index contributed by atoms with van der Waals surface area (Å²) in [5, 5.41) is 3.22. The summed E-state index contributed by atoms with van der Waals surface area (Å²) < 4.78 is 39.2. The van der Waals surface area contributed by atoms with Crippen molar-refractivity contribution in [3.05, 3.63) is 48.0 Å². The lowest BCUT2D eigenvalue weighted by atomic mass is 9.95. The molecule has 176 valence electrons. The minimum atomic E-state index is -3.66. The fourth-order valence-electron chi connectivity index (χ4n) is 4.59. The van der Waals surface area contributed by atoms with Crippen LogP contribution in [-0.4, -0.2) is 50.7 Å². The highest BCUT2D eigenvalue weighted by molar-refractivity contribution is 7.99. The van der Waals surface area contributed by atoms with E-state index in [-0.39, 0.29) is 22.8 Å². The lowest BCUT2D eigenvalue weighted by molar-refractivity contribution is -0.126. The summed E-state index contributed by atoms with van der Waals surface area (Å²) in [6.45, 7) is 1.71. The van der Waals surface area contributed by atoms with Crippen molar-refractivity contribution in [2.45, 2.75) is 41.5 Å². The number of ether oxygens (including phenoxy) is 2. The first-order valence-electron chi connectivity index (χ1n) is 11.4. The number of nitrogens with zero attached hydrogens (tertiary/aromatic N) is 1. The van der Waals surface area contributed by atoms with E-state index < -0.39 is 10.0 Å². The third kappa shape index (κ3) is 4.72. The molecule has 3 aliphatic heterocycles. The van der Waals surface area contributed by atoms with Crippen LogP contribution in [0.4, 0.5) is 0 Å². The van der Waals surface area contributed by atoms with Gasteiger partial charge in [0.1, 0.15) is 0 Å². The van der Waals surface area contributed by atoms with Crippen molar-refractivity contribution < 1.29 is 22.7 Å². The molecule has 0 aromatic heterocycles. The Morgan fingerprint density at radius 3 is 2.58 bits per heavy atom. The molecule has 0 spiro atoms. The van der Waals surface area contributed by atoms with E-state index >= 15 is 0 Å². The topological polar surface area (TPSA) is 84.9 Å². The van der Waals surface area contributed by atoms with Gasteiger partial charge in [0.2, 0.25) is 15.9 Å². The highest BCUT2D eigenvalue weighted by Crippen LogP contribution is 2.37. The molecule has 2 aromatic carbocycles. The Hall–Kier alpha value is -2.23. The van der Waals surface area contributed by atoms with Crippen LogP contribution in [0, 0.1) is 5.92 Å². The van der Waals surface area contributed by atoms with E-state index in [2.05, 4.69) is 17.4 Å². The van der Waals surface area contributed by atoms with Crippen LogP contribution in [0.3, 0.4) is 0 Å². The molecule has 7 nitrogen and oxygen atoms in total. The average molecular weight is 489 g/mol. The lowest BCUT2D eigenvalue weighted by Gasteiger charge is -2.32. The number of piperidine rings is 1. The van der Waals surface area contributed by atoms with E-state index in [4.69, 9.17) is 9.47 Å². The molecule has 5 rings (SSSR count). The molecule has 1 N–H and O–H groups in total. The van der Waals surface area contributed by atoms with Gasteiger partial charge in [0.05, 0.1) is 24.2 Å². The SMILES string of the molecule is O=C(NC1CCSc2ccccc21)C1CCN(S(=O)(=O)c2ccc3c(c2)OCCCO3)CC1. The predicted octanol–water partition coefficient (Wildman–Crippen LogP) is 3.60. The molecule has 3 heterocycles. The quantitative estimate of drug-likeness (QED) is 0.708. The van der Waals surface area contributed by atoms with Crippen LogP contribution < -0.4 is 14.8 Å². The molecular weight excluding hydrogens is 460 g/mol. The van der Waals surface area contributed by atoms with Crippen LogP contribution in [0.2, 0.25) is 0 Å². The summed E-state index contributed by atoms with van der Waals surface area (Å²) in [4.78, 5) is 14.4. The second-order valence-corrected chi connectivity index (χ2v) is 11.6. The van der Waals surface area contributed by atoms with Gasteiger partial charge >= 0.3 is 0 Å². The van der Waals surface area contributed by atoms with Gasteiger partial charge in [-0.15, -0.1) is 11.8 Å². The van der Waals surface area contributed by atoms with Gasteiger partial charge in [-0.2, -0.15) is 4.31 Å². The fraction of sp³-hybridized carbons (Fsp3) is 0.458. The van der Waals surface area contributed by atoms with Gasteiger partial charge in [-0.1, -0.05) is 18.2 Å². The normalized spacial score (nSPS) is 21.6. The first kappa shape index (κ1) is 22.6. The largest absolute Gasteiger partial charge is 0.490 e. The summed E-state index contributed by atoms with van der Waals surface area (Å²) in [6, 6.07) is 13.0. The monoisotopic (exact) mass is 488 g/mol. The maximum absolute atomic E-state index is 13.2. The molecule has 0 bridgehead atoms. The minimum Gasteiger partial charge on any atom is -0.490 e. The Morgan fingerprint density at radius 2 is 1.76 bits per heavy atom. The smallest absolute Gasteiger partial charge is 0.243 e. The van der Waals surface area contributed by atoms with Gasteiger partial charge in [0.15, 0.2) is 11.5 Å². The molecular formula is C24H28N2O5S2. The molecule has 0 aliphatic carbocycles. The summed E-state index contributed by atoms with van der Waals surface area (Å²) >= 11 is 1.82. The van der Waals surface area contributed by atoms with Gasteiger partial charge in [0, 0.05) is 42.1 Å². The molecule has 1 saturated heterocycles. The average Bonchev–Trinajstić information content (AvgIpc) is 3.09. The number of nitrogens with one attached hydrogen (secondary N) is 1. The van der Waals surface area contributed by atoms with Crippen LogP contribution in [0.5, 0.6) is 11.5 Å². The van der Waals surface area contributed by atoms with Gasteiger partial charge in [-0.05, 0) is 43.0 Å². The number of benzene rings is 2. The zero-order valence-corrected chi connectivity index (χ0v) is 20.0. The van der Waals surface area contributed by atoms with E-state index in [0.29, 0.717) is 50.6 Å². The number of fused-ring (bicyclic) bond motifs is 2. The first-order chi connectivity index (χ1) is 16.0. The van der Waals surface area contributed by atoms with Crippen molar-refractivity contribution in [1.29, 1.82) is 0 Å². The number of sulfonamides is 1. The molecule has 0 radical (unpaired) electrons. The lowest BCUT2D eigenvalue weighted by Crippen LogP contribution is -2.44. The number of hydrogen-bond acceptors (Lipinski definition) is 6. The summed E-state index contributed by atoms with van der Waals surface area (Å²) in [7, 11) is -3.66. The summed E-state index contributed by atoms with van der Waals surface area (Å²) in [5.74, 6) is 1.86. The minimum absolute atomic E-state index is 0.0225. The number of carbonyl (C=O) groups is 1. The van der Waals surface area contributed by atoms with Gasteiger partial charge < -0.3 is 14.8 Å². The Balaban J connectivity index is 1.22. The Bertz CT molecular complexity index is 1130. The molecule has 1 fully saturated rings. The van der Waals surface area contributed by atoms with Gasteiger partial charge in [-0.25, -0.2) is 8.42 Å². The van der Waals surface area contributed by atoms with Crippen LogP contribution in [0.25, 0.3) is 0 Å². The van der Waals surface area contributed by atoms with Crippen LogP contribution in [0.1, 0.15) is 37.3 Å². The van der Waals surface area contributed by atoms with Crippen molar-refractivity contribution in [1.82, 2.24) is 9.62 Å². The number of amides is 1. The van der Waals surface area contributed by atoms with Crippen LogP contribution in [0.15, 0.2) is 52.3 Å². The van der Waals surface area contributed by atoms with Gasteiger partial charge in [0.25, 0.3) is 0 Å². The number of hydrogen-bond donors (Lipinski definition) is 1. The standard InChI is InChI=1S/C24H28N2O5S2/c27-24(25-20-10-15-32-23-5-2-1-4-19(20)23)17-8-11-26(12-9-17)33(28,29)18-6-7-21-22(16-18)31-14-3-13-30-21/h1-2,4-7,16-17,20H,3,8-15H2,(H,25,27). The number of rotatable bonds is 4. The summed E-state index contributed by atoms with van der Waals surface area (Å²) in [5.41, 5.74) is 1.18. The van der Waals surface area contributed by atoms with Crippen LogP contribution >= 0.6 is 11.8 Å². The highest BCUT2D eigenvalue weighted by Gasteiger charge is 2.34. The van der Waals surface area contributed by atoms with Crippen molar-refractivity contribution >= 4 is 27.7 Å². The molecule has 33 heavy (non-hydrogen) atoms. The number of carbonyl (C=O) groups excluding carboxylic acids is 1. The molecule has 1 unspecified atom stereocenters. The van der Waals surface area contributed by atoms with E-state index in [0.717, 1.165) is 18.6 Å². The van der Waals surface area contributed by atoms with Crippen molar-refractivity contribution in [2.75, 3.05) is 32.1 Å². The highest BCUT2D eigenvalue weighted by atomic mass is 32.2. The molecule has 2 aromatic rings. The third-order valence-corrected chi connectivity index (χ3v) is 9.47. The second kappa shape index (κ2) is 9.56. The maximum Gasteiger partial charge on any atom is 0.243 e. The fourth-order valence-corrected chi connectivity index (χ4v) is 7.20. The van der Waals surface area contributed by atoms with Crippen molar-refractivity contribution in [2.24, 2.45) is 5.92 Å². The Labute approximate surface area is 198 Å². The van der Waals surface area contributed by atoms with Crippen molar-refractivity contribution in [3.63, 3.8) is 0 Å². The maximum atomic E-state index is 13.2. The van der Waals surface area contributed by atoms with E-state index in [9.17, 15) is 13.2 Å². The van der Waals surface area contributed by atoms with E-state index in [1.807, 2.05) is 23.9 Å². The molecule has 9 heteroatoms.